The third kappa shape index (κ3) is 2.17. The lowest BCUT2D eigenvalue weighted by atomic mass is 9.47. The predicted molar refractivity (Wildman–Crippen MR) is 104 cm³/mol. The molecule has 4 aliphatic rings. The van der Waals surface area contributed by atoms with Gasteiger partial charge in [-0.05, 0) is 77.8 Å². The summed E-state index contributed by atoms with van der Waals surface area (Å²) in [6.07, 6.45) is -3.85. The first-order valence-electron chi connectivity index (χ1n) is 14.4. The van der Waals surface area contributed by atoms with Gasteiger partial charge >= 0.3 is 0 Å². The maximum atomic E-state index is 12.3. The van der Waals surface area contributed by atoms with Gasteiger partial charge in [0, 0.05) is 30.7 Å². The van der Waals surface area contributed by atoms with Gasteiger partial charge in [-0.2, -0.15) is 0 Å². The van der Waals surface area contributed by atoms with E-state index < -0.39 is 65.9 Å². The highest BCUT2D eigenvalue weighted by Gasteiger charge is 2.56. The van der Waals surface area contributed by atoms with Crippen molar-refractivity contribution in [3.05, 3.63) is 47.7 Å². The molecule has 4 aliphatic carbocycles. The number of ketones is 1. The number of carbonyl (C=O) groups is 1. The zero-order valence-corrected chi connectivity index (χ0v) is 15.1. The van der Waals surface area contributed by atoms with Gasteiger partial charge in [0.05, 0.1) is 8.22 Å². The number of hydrogen-bond donors (Lipinski definition) is 0. The van der Waals surface area contributed by atoms with Crippen LogP contribution in [0.2, 0.25) is 0 Å². The molecule has 0 saturated heterocycles. The SMILES string of the molecule is [2H]C1=C2CC(=O)CC[C@]2(C)C2CC[C@]3(C)C(c4c([2H])nc([2H])c([2H])c4[2H])=C([2H])C([2H])([2H])C3C2C1([2H])[2H]. The van der Waals surface area contributed by atoms with E-state index in [1.165, 1.54) is 0 Å². The molecule has 0 radical (unpaired) electrons. The predicted octanol–water partition coefficient (Wildman–Crippen LogP) is 5.61. The number of hydrogen-bond acceptors (Lipinski definition) is 2. The van der Waals surface area contributed by atoms with Crippen LogP contribution >= 0.6 is 0 Å². The molecule has 26 heavy (non-hydrogen) atoms. The lowest BCUT2D eigenvalue weighted by Crippen LogP contribution is -2.49. The van der Waals surface area contributed by atoms with E-state index in [2.05, 4.69) is 4.98 Å². The molecular weight excluding hydrogens is 318 g/mol. The molecule has 3 unspecified atom stereocenters. The number of allylic oxidation sites excluding steroid dienone is 4. The Labute approximate surface area is 170 Å². The van der Waals surface area contributed by atoms with Crippen molar-refractivity contribution in [2.24, 2.45) is 28.6 Å². The molecule has 5 atom stereocenters. The van der Waals surface area contributed by atoms with Gasteiger partial charge in [-0.25, -0.2) is 0 Å². The summed E-state index contributed by atoms with van der Waals surface area (Å²) < 4.78 is 86.6. The highest BCUT2D eigenvalue weighted by atomic mass is 16.1. The molecule has 1 aromatic rings. The van der Waals surface area contributed by atoms with Gasteiger partial charge in [0.2, 0.25) is 0 Å². The summed E-state index contributed by atoms with van der Waals surface area (Å²) in [7, 11) is 0. The van der Waals surface area contributed by atoms with E-state index in [-0.39, 0.29) is 35.3 Å². The highest BCUT2D eigenvalue weighted by Crippen LogP contribution is 2.66. The summed E-state index contributed by atoms with van der Waals surface area (Å²) >= 11 is 0. The molecule has 2 nitrogen and oxygen atoms in total. The van der Waals surface area contributed by atoms with Crippen molar-refractivity contribution in [3.63, 3.8) is 0 Å². The third-order valence-electron chi connectivity index (χ3n) is 7.29. The Kier molecular flexibility index (Phi) is 1.95. The summed E-state index contributed by atoms with van der Waals surface area (Å²) in [5, 5.41) is 0. The van der Waals surface area contributed by atoms with E-state index in [1.807, 2.05) is 6.92 Å². The molecule has 1 aromatic heterocycles. The van der Waals surface area contributed by atoms with Crippen molar-refractivity contribution in [2.75, 3.05) is 0 Å². The van der Waals surface area contributed by atoms with Gasteiger partial charge in [0.1, 0.15) is 5.78 Å². The quantitative estimate of drug-likeness (QED) is 0.612. The summed E-state index contributed by atoms with van der Waals surface area (Å²) in [6.45, 7) is 3.71. The fourth-order valence-electron chi connectivity index (χ4n) is 5.64. The Morgan fingerprint density at radius 2 is 2.08 bits per heavy atom. The largest absolute Gasteiger partial charge is 0.299 e. The summed E-state index contributed by atoms with van der Waals surface area (Å²) in [4.78, 5) is 16.0. The van der Waals surface area contributed by atoms with E-state index in [4.69, 9.17) is 13.7 Å². The highest BCUT2D eigenvalue weighted by molar-refractivity contribution is 5.82. The lowest BCUT2D eigenvalue weighted by Gasteiger charge is -2.57. The lowest BCUT2D eigenvalue weighted by molar-refractivity contribution is -0.122. The van der Waals surface area contributed by atoms with E-state index in [0.717, 1.165) is 0 Å². The van der Waals surface area contributed by atoms with Crippen molar-refractivity contribution in [1.29, 1.82) is 0 Å². The topological polar surface area (TPSA) is 30.0 Å². The van der Waals surface area contributed by atoms with Crippen LogP contribution < -0.4 is 0 Å². The van der Waals surface area contributed by atoms with Gasteiger partial charge in [0.25, 0.3) is 0 Å². The van der Waals surface area contributed by atoms with Crippen LogP contribution in [-0.4, -0.2) is 10.8 Å². The number of carbonyl (C=O) groups excluding carboxylic acids is 1. The van der Waals surface area contributed by atoms with Crippen LogP contribution in [0.5, 0.6) is 0 Å². The second-order valence-corrected chi connectivity index (χ2v) is 8.55. The molecule has 1 heterocycles. The van der Waals surface area contributed by atoms with Gasteiger partial charge in [0.15, 0.2) is 0 Å². The maximum absolute atomic E-state index is 12.3. The van der Waals surface area contributed by atoms with Crippen LogP contribution in [0.3, 0.4) is 0 Å². The van der Waals surface area contributed by atoms with Crippen molar-refractivity contribution in [3.8, 4) is 0 Å². The van der Waals surface area contributed by atoms with Gasteiger partial charge < -0.3 is 0 Å². The normalized spacial score (nSPS) is 51.8. The molecule has 2 saturated carbocycles. The average Bonchev–Trinajstić information content (AvgIpc) is 2.94. The van der Waals surface area contributed by atoms with Gasteiger partial charge in [-0.15, -0.1) is 0 Å². The van der Waals surface area contributed by atoms with E-state index in [0.29, 0.717) is 31.3 Å². The second-order valence-electron chi connectivity index (χ2n) is 8.55. The van der Waals surface area contributed by atoms with Crippen molar-refractivity contribution in [1.82, 2.24) is 4.98 Å². The summed E-state index contributed by atoms with van der Waals surface area (Å²) in [5.74, 6) is -2.36. The number of aromatic nitrogens is 1. The Morgan fingerprint density at radius 1 is 1.19 bits per heavy atom. The van der Waals surface area contributed by atoms with E-state index in [1.54, 1.807) is 6.92 Å². The molecule has 0 aliphatic heterocycles. The van der Waals surface area contributed by atoms with Crippen molar-refractivity contribution < 1.29 is 18.5 Å². The van der Waals surface area contributed by atoms with Gasteiger partial charge in [-0.3, -0.25) is 9.78 Å². The number of nitrogens with zero attached hydrogens (tertiary/aromatic N) is 1. The Bertz CT molecular complexity index is 1270. The number of rotatable bonds is 1. The Morgan fingerprint density at radius 3 is 2.96 bits per heavy atom. The summed E-state index contributed by atoms with van der Waals surface area (Å²) in [5.41, 5.74) is -1.29. The first kappa shape index (κ1) is 8.99. The molecule has 0 N–H and O–H groups in total. The van der Waals surface area contributed by atoms with E-state index >= 15 is 0 Å². The monoisotopic (exact) mass is 357 g/mol. The molecular formula is C24H29NO. The first-order valence-corrected chi connectivity index (χ1v) is 9.40. The molecule has 0 bridgehead atoms. The molecule has 2 heteroatoms. The molecule has 136 valence electrons. The zero-order chi connectivity index (χ0) is 26.7. The molecule has 5 rings (SSSR count). The molecule has 0 spiro atoms. The average molecular weight is 358 g/mol. The fraction of sp³-hybridized carbons (Fsp3) is 0.583. The Balaban J connectivity index is 1.74. The van der Waals surface area contributed by atoms with Crippen LogP contribution in [0.1, 0.15) is 78.0 Å². The molecule has 2 fully saturated rings. The number of fused-ring (bicyclic) bond motifs is 5. The standard InChI is InChI=1S/C24H29NO/c1-23-11-9-18(26)14-17(23)5-6-19-21-8-7-20(16-4-3-13-25-15-16)24(21,2)12-10-22(19)23/h3-5,7,13,15,19,21-22H,6,8-12,14H2,1-2H3/t19?,21?,22?,23-,24+/m0/s1/i3D,4D,5D,6D2,7D,8D2,13D,15D. The minimum absolute atomic E-state index is 0.0156. The van der Waals surface area contributed by atoms with Crippen LogP contribution in [0.4, 0.5) is 0 Å². The summed E-state index contributed by atoms with van der Waals surface area (Å²) in [6, 6.07) is -1.66. The minimum Gasteiger partial charge on any atom is -0.299 e. The first-order chi connectivity index (χ1) is 16.5. The van der Waals surface area contributed by atoms with E-state index in [9.17, 15) is 4.79 Å². The fourth-order valence-corrected chi connectivity index (χ4v) is 5.64. The van der Waals surface area contributed by atoms with Crippen LogP contribution in [0.25, 0.3) is 5.57 Å². The number of Topliss-reactive ketones (excluding diaryl/α,β-unsaturated/α-hetero) is 1. The van der Waals surface area contributed by atoms with Crippen LogP contribution in [0, 0.1) is 28.6 Å². The maximum Gasteiger partial charge on any atom is 0.136 e. The molecule has 0 aromatic carbocycles. The third-order valence-corrected chi connectivity index (χ3v) is 7.29. The Hall–Kier alpha value is -1.70. The van der Waals surface area contributed by atoms with Crippen molar-refractivity contribution in [2.45, 2.75) is 58.7 Å². The number of pyridine rings is 1. The minimum atomic E-state index is -2.32. The van der Waals surface area contributed by atoms with Crippen LogP contribution in [-0.2, 0) is 4.79 Å². The molecule has 0 amide bonds. The zero-order valence-electron chi connectivity index (χ0n) is 25.1. The van der Waals surface area contributed by atoms with Crippen molar-refractivity contribution >= 4 is 11.4 Å². The van der Waals surface area contributed by atoms with Crippen LogP contribution in [0.15, 0.2) is 42.1 Å². The smallest absolute Gasteiger partial charge is 0.136 e. The van der Waals surface area contributed by atoms with Gasteiger partial charge in [-0.1, -0.05) is 37.6 Å². The second kappa shape index (κ2) is 5.65.